The molecular weight excluding hydrogens is 434 g/mol. The fraction of sp³-hybridized carbons (Fsp3) is 0.360. The number of nitrogens with zero attached hydrogens (tertiary/aromatic N) is 3. The fourth-order valence-electron chi connectivity index (χ4n) is 3.45. The Morgan fingerprint density at radius 1 is 1.03 bits per heavy atom. The summed E-state index contributed by atoms with van der Waals surface area (Å²) in [5, 5.41) is 15.3. The average molecular weight is 466 g/mol. The second kappa shape index (κ2) is 10.7. The van der Waals surface area contributed by atoms with Gasteiger partial charge in [-0.25, -0.2) is 0 Å². The summed E-state index contributed by atoms with van der Waals surface area (Å²) in [6.45, 7) is 9.97. The van der Waals surface area contributed by atoms with Gasteiger partial charge in [-0.05, 0) is 56.0 Å². The minimum atomic E-state index is -0.311. The van der Waals surface area contributed by atoms with Crippen molar-refractivity contribution in [1.82, 2.24) is 20.1 Å². The van der Waals surface area contributed by atoms with Crippen molar-refractivity contribution in [3.8, 4) is 0 Å². The van der Waals surface area contributed by atoms with Crippen LogP contribution in [0.3, 0.4) is 0 Å². The maximum Gasteiger partial charge on any atom is 0.251 e. The van der Waals surface area contributed by atoms with Crippen molar-refractivity contribution in [1.29, 1.82) is 0 Å². The van der Waals surface area contributed by atoms with Crippen molar-refractivity contribution >= 4 is 29.3 Å². The zero-order valence-corrected chi connectivity index (χ0v) is 20.8. The largest absolute Gasteiger partial charge is 0.342 e. The Bertz CT molecular complexity index is 1160. The maximum atomic E-state index is 12.8. The van der Waals surface area contributed by atoms with Crippen LogP contribution in [0.15, 0.2) is 47.6 Å². The number of nitrogens with one attached hydrogen (secondary N) is 2. The molecule has 0 aliphatic carbocycles. The van der Waals surface area contributed by atoms with Crippen LogP contribution in [-0.4, -0.2) is 32.3 Å². The molecule has 0 saturated heterocycles. The Kier molecular flexibility index (Phi) is 7.92. The quantitative estimate of drug-likeness (QED) is 0.475. The molecule has 1 atom stereocenters. The lowest BCUT2D eigenvalue weighted by Crippen LogP contribution is -2.33. The van der Waals surface area contributed by atoms with Crippen LogP contribution in [-0.2, 0) is 11.8 Å². The van der Waals surface area contributed by atoms with Crippen LogP contribution < -0.4 is 10.6 Å². The minimum Gasteiger partial charge on any atom is -0.342 e. The van der Waals surface area contributed by atoms with Gasteiger partial charge in [-0.3, -0.25) is 9.59 Å². The Morgan fingerprint density at radius 3 is 2.45 bits per heavy atom. The van der Waals surface area contributed by atoms with E-state index in [1.54, 1.807) is 6.07 Å². The van der Waals surface area contributed by atoms with Gasteiger partial charge in [-0.1, -0.05) is 55.4 Å². The van der Waals surface area contributed by atoms with Gasteiger partial charge in [0, 0.05) is 18.3 Å². The molecule has 3 rings (SSSR count). The van der Waals surface area contributed by atoms with Gasteiger partial charge in [0.25, 0.3) is 5.91 Å². The number of carbonyl (C=O) groups excluding carboxylic acids is 2. The monoisotopic (exact) mass is 465 g/mol. The molecule has 0 fully saturated rings. The molecule has 8 heteroatoms. The molecule has 0 bridgehead atoms. The fourth-order valence-corrected chi connectivity index (χ4v) is 4.17. The van der Waals surface area contributed by atoms with Crippen molar-refractivity contribution in [2.24, 2.45) is 13.0 Å². The van der Waals surface area contributed by atoms with Crippen LogP contribution in [0.1, 0.15) is 52.8 Å². The number of thioether (sulfide) groups is 1. The number of carbonyl (C=O) groups is 2. The zero-order valence-electron chi connectivity index (χ0n) is 20.0. The molecule has 1 aromatic heterocycles. The van der Waals surface area contributed by atoms with Crippen molar-refractivity contribution < 1.29 is 9.59 Å². The van der Waals surface area contributed by atoms with Gasteiger partial charge in [0.15, 0.2) is 11.0 Å². The van der Waals surface area contributed by atoms with Gasteiger partial charge >= 0.3 is 0 Å². The van der Waals surface area contributed by atoms with Crippen LogP contribution in [0.5, 0.6) is 0 Å². The van der Waals surface area contributed by atoms with E-state index in [1.807, 2.05) is 82.6 Å². The molecule has 0 radical (unpaired) electrons. The van der Waals surface area contributed by atoms with Crippen LogP contribution >= 0.6 is 11.8 Å². The summed E-state index contributed by atoms with van der Waals surface area (Å²) in [7, 11) is 1.86. The van der Waals surface area contributed by atoms with E-state index in [0.29, 0.717) is 16.5 Å². The highest BCUT2D eigenvalue weighted by atomic mass is 32.2. The molecule has 174 valence electrons. The summed E-state index contributed by atoms with van der Waals surface area (Å²) in [6, 6.07) is 13.1. The van der Waals surface area contributed by atoms with E-state index >= 15 is 0 Å². The number of hydrogen-bond acceptors (Lipinski definition) is 5. The highest BCUT2D eigenvalue weighted by molar-refractivity contribution is 7.99. The third-order valence-corrected chi connectivity index (χ3v) is 6.40. The highest BCUT2D eigenvalue weighted by Crippen LogP contribution is 2.25. The molecule has 0 unspecified atom stereocenters. The zero-order chi connectivity index (χ0) is 24.1. The SMILES string of the molecule is Cc1cccc(C(=O)N[C@@H](c2nnc(SCC(=O)Nc3cc(C)ccc3C)n2C)C(C)C)c1. The summed E-state index contributed by atoms with van der Waals surface area (Å²) in [6.07, 6.45) is 0. The summed E-state index contributed by atoms with van der Waals surface area (Å²) in [5.74, 6) is 0.714. The second-order valence-electron chi connectivity index (χ2n) is 8.62. The summed E-state index contributed by atoms with van der Waals surface area (Å²) in [5.41, 5.74) is 4.57. The van der Waals surface area contributed by atoms with E-state index in [2.05, 4.69) is 20.8 Å². The molecule has 0 spiro atoms. The minimum absolute atomic E-state index is 0.104. The molecule has 0 saturated carbocycles. The van der Waals surface area contributed by atoms with Gasteiger partial charge < -0.3 is 15.2 Å². The molecule has 2 amide bonds. The Balaban J connectivity index is 1.68. The number of rotatable bonds is 8. The lowest BCUT2D eigenvalue weighted by molar-refractivity contribution is -0.113. The smallest absolute Gasteiger partial charge is 0.251 e. The molecule has 0 aliphatic heterocycles. The molecule has 0 aliphatic rings. The Morgan fingerprint density at radius 2 is 1.76 bits per heavy atom. The number of anilines is 1. The van der Waals surface area contributed by atoms with Gasteiger partial charge in [0.05, 0.1) is 11.8 Å². The number of aromatic nitrogens is 3. The first kappa shape index (κ1) is 24.5. The van der Waals surface area contributed by atoms with Gasteiger partial charge in [0.1, 0.15) is 0 Å². The normalized spacial score (nSPS) is 12.0. The molecule has 33 heavy (non-hydrogen) atoms. The van der Waals surface area contributed by atoms with Gasteiger partial charge in [-0.15, -0.1) is 10.2 Å². The van der Waals surface area contributed by atoms with Crippen LogP contribution in [0, 0.1) is 26.7 Å². The maximum absolute atomic E-state index is 12.8. The average Bonchev–Trinajstić information content (AvgIpc) is 3.12. The number of amides is 2. The van der Waals surface area contributed by atoms with E-state index in [1.165, 1.54) is 11.8 Å². The van der Waals surface area contributed by atoms with Crippen molar-refractivity contribution in [3.05, 3.63) is 70.5 Å². The first-order chi connectivity index (χ1) is 15.7. The third-order valence-electron chi connectivity index (χ3n) is 5.38. The summed E-state index contributed by atoms with van der Waals surface area (Å²) < 4.78 is 1.84. The van der Waals surface area contributed by atoms with E-state index < -0.39 is 0 Å². The Hall–Kier alpha value is -3.13. The third kappa shape index (κ3) is 6.22. The van der Waals surface area contributed by atoms with Crippen molar-refractivity contribution in [2.75, 3.05) is 11.1 Å². The van der Waals surface area contributed by atoms with Crippen LogP contribution in [0.25, 0.3) is 0 Å². The predicted molar refractivity (Wildman–Crippen MR) is 132 cm³/mol. The van der Waals surface area contributed by atoms with Crippen molar-refractivity contribution in [2.45, 2.75) is 45.8 Å². The van der Waals surface area contributed by atoms with Crippen molar-refractivity contribution in [3.63, 3.8) is 0 Å². The molecule has 2 N–H and O–H groups in total. The summed E-state index contributed by atoms with van der Waals surface area (Å²) in [4.78, 5) is 25.3. The molecule has 1 heterocycles. The topological polar surface area (TPSA) is 88.9 Å². The summed E-state index contributed by atoms with van der Waals surface area (Å²) >= 11 is 1.32. The Labute approximate surface area is 199 Å². The van der Waals surface area contributed by atoms with Gasteiger partial charge in [-0.2, -0.15) is 0 Å². The lowest BCUT2D eigenvalue weighted by atomic mass is 10.0. The van der Waals surface area contributed by atoms with Crippen LogP contribution in [0.2, 0.25) is 0 Å². The predicted octanol–water partition coefficient (Wildman–Crippen LogP) is 4.60. The highest BCUT2D eigenvalue weighted by Gasteiger charge is 2.25. The van der Waals surface area contributed by atoms with Gasteiger partial charge in [0.2, 0.25) is 5.91 Å². The van der Waals surface area contributed by atoms with E-state index in [9.17, 15) is 9.59 Å². The number of aryl methyl sites for hydroxylation is 3. The van der Waals surface area contributed by atoms with Crippen LogP contribution in [0.4, 0.5) is 5.69 Å². The molecule has 2 aromatic carbocycles. The van der Waals surface area contributed by atoms with E-state index in [4.69, 9.17) is 0 Å². The van der Waals surface area contributed by atoms with E-state index in [-0.39, 0.29) is 29.5 Å². The lowest BCUT2D eigenvalue weighted by Gasteiger charge is -2.22. The first-order valence-corrected chi connectivity index (χ1v) is 11.9. The molecule has 3 aromatic rings. The first-order valence-electron chi connectivity index (χ1n) is 10.9. The number of benzene rings is 2. The second-order valence-corrected chi connectivity index (χ2v) is 9.56. The standard InChI is InChI=1S/C25H31N5O2S/c1-15(2)22(27-24(32)19-9-7-8-16(3)12-19)23-28-29-25(30(23)6)33-14-21(31)26-20-13-17(4)10-11-18(20)5/h7-13,15,22H,14H2,1-6H3,(H,26,31)(H,27,32)/t22-/m1/s1. The van der Waals surface area contributed by atoms with E-state index in [0.717, 1.165) is 22.4 Å². The molecular formula is C25H31N5O2S. The molecule has 7 nitrogen and oxygen atoms in total. The number of hydrogen-bond donors (Lipinski definition) is 2.